The lowest BCUT2D eigenvalue weighted by Crippen LogP contribution is -2.54. The summed E-state index contributed by atoms with van der Waals surface area (Å²) in [5.74, 6) is -0.573. The predicted molar refractivity (Wildman–Crippen MR) is 123 cm³/mol. The van der Waals surface area contributed by atoms with Crippen molar-refractivity contribution < 1.29 is 14.3 Å². The van der Waals surface area contributed by atoms with Gasteiger partial charge in [-0.3, -0.25) is 9.69 Å². The molecule has 162 valence electrons. The van der Waals surface area contributed by atoms with Gasteiger partial charge in [0.1, 0.15) is 18.0 Å². The molecule has 2 heterocycles. The molecule has 3 aliphatic rings. The predicted octanol–water partition coefficient (Wildman–Crippen LogP) is 4.75. The highest BCUT2D eigenvalue weighted by atomic mass is 16.8. The molecule has 0 spiro atoms. The third-order valence-corrected chi connectivity index (χ3v) is 7.21. The molecule has 2 saturated heterocycles. The lowest BCUT2D eigenvalue weighted by atomic mass is 9.78. The molecule has 0 unspecified atom stereocenters. The third-order valence-electron chi connectivity index (χ3n) is 7.21. The number of fused-ring (bicyclic) bond motifs is 4. The van der Waals surface area contributed by atoms with Crippen LogP contribution in [0.1, 0.15) is 37.5 Å². The highest BCUT2D eigenvalue weighted by molar-refractivity contribution is 5.86. The summed E-state index contributed by atoms with van der Waals surface area (Å²) in [7, 11) is 0. The molecule has 3 aromatic carbocycles. The Morgan fingerprint density at radius 3 is 2.00 bits per heavy atom. The summed E-state index contributed by atoms with van der Waals surface area (Å²) in [6.45, 7) is 6.16. The van der Waals surface area contributed by atoms with Gasteiger partial charge in [-0.1, -0.05) is 78.9 Å². The van der Waals surface area contributed by atoms with Crippen LogP contribution in [-0.2, 0) is 19.8 Å². The van der Waals surface area contributed by atoms with E-state index in [9.17, 15) is 4.79 Å². The Kier molecular flexibility index (Phi) is 4.25. The van der Waals surface area contributed by atoms with E-state index < -0.39 is 17.4 Å². The van der Waals surface area contributed by atoms with Crippen molar-refractivity contribution in [3.63, 3.8) is 0 Å². The van der Waals surface area contributed by atoms with Gasteiger partial charge in [-0.05, 0) is 48.6 Å². The average molecular weight is 426 g/mol. The van der Waals surface area contributed by atoms with Crippen LogP contribution in [0.5, 0.6) is 0 Å². The summed E-state index contributed by atoms with van der Waals surface area (Å²) in [6.07, 6.45) is -0.442. The SMILES string of the molecule is CC(=O)[C@@H]1[C@@H]2OC(C)(C)O[C@@H]2CN1C1(c2ccccc2)c2ccccc2-c2ccccc21. The van der Waals surface area contributed by atoms with Crippen LogP contribution >= 0.6 is 0 Å². The lowest BCUT2D eigenvalue weighted by Gasteiger charge is -2.45. The molecule has 4 nitrogen and oxygen atoms in total. The van der Waals surface area contributed by atoms with Crippen LogP contribution in [0.2, 0.25) is 0 Å². The van der Waals surface area contributed by atoms with Gasteiger partial charge >= 0.3 is 0 Å². The Bertz CT molecular complexity index is 1160. The van der Waals surface area contributed by atoms with Crippen molar-refractivity contribution in [1.82, 2.24) is 4.90 Å². The Morgan fingerprint density at radius 2 is 1.41 bits per heavy atom. The molecule has 0 aromatic heterocycles. The second kappa shape index (κ2) is 6.85. The third kappa shape index (κ3) is 2.57. The monoisotopic (exact) mass is 425 g/mol. The fourth-order valence-corrected chi connectivity index (χ4v) is 6.23. The van der Waals surface area contributed by atoms with Gasteiger partial charge in [-0.25, -0.2) is 0 Å². The molecule has 3 atom stereocenters. The number of Topliss-reactive ketones (excluding diaryl/α,β-unsaturated/α-hetero) is 1. The zero-order valence-electron chi connectivity index (χ0n) is 18.6. The van der Waals surface area contributed by atoms with Gasteiger partial charge in [0.2, 0.25) is 0 Å². The Balaban J connectivity index is 1.65. The van der Waals surface area contributed by atoms with Gasteiger partial charge in [-0.2, -0.15) is 0 Å². The number of hydrogen-bond donors (Lipinski definition) is 0. The van der Waals surface area contributed by atoms with E-state index in [2.05, 4.69) is 77.7 Å². The number of hydrogen-bond acceptors (Lipinski definition) is 4. The van der Waals surface area contributed by atoms with Crippen LogP contribution in [-0.4, -0.2) is 41.3 Å². The summed E-state index contributed by atoms with van der Waals surface area (Å²) in [5.41, 5.74) is 5.41. The molecule has 0 bridgehead atoms. The van der Waals surface area contributed by atoms with E-state index in [0.717, 1.165) is 5.56 Å². The molecule has 2 aliphatic heterocycles. The molecule has 4 heteroatoms. The normalized spacial score (nSPS) is 27.0. The van der Waals surface area contributed by atoms with E-state index in [1.165, 1.54) is 22.3 Å². The first-order valence-corrected chi connectivity index (χ1v) is 11.3. The van der Waals surface area contributed by atoms with Crippen molar-refractivity contribution in [3.05, 3.63) is 95.6 Å². The molecule has 3 aromatic rings. The number of nitrogens with zero attached hydrogens (tertiary/aromatic N) is 1. The van der Waals surface area contributed by atoms with E-state index in [1.807, 2.05) is 19.9 Å². The summed E-state index contributed by atoms with van der Waals surface area (Å²) in [5, 5.41) is 0. The van der Waals surface area contributed by atoms with Crippen LogP contribution in [0, 0.1) is 0 Å². The van der Waals surface area contributed by atoms with Gasteiger partial charge in [0.05, 0.1) is 11.6 Å². The van der Waals surface area contributed by atoms with Gasteiger partial charge in [-0.15, -0.1) is 0 Å². The minimum atomic E-state index is -0.680. The summed E-state index contributed by atoms with van der Waals surface area (Å²) < 4.78 is 12.6. The second-order valence-electron chi connectivity index (χ2n) is 9.51. The molecule has 1 aliphatic carbocycles. The molecule has 0 N–H and O–H groups in total. The minimum absolute atomic E-state index is 0.107. The number of ketones is 1. The standard InChI is InChI=1S/C28H27NO3/c1-18(30)25-26-24(31-27(2,3)32-26)17-29(25)28(19-11-5-4-6-12-19)22-15-9-7-13-20(22)21-14-8-10-16-23(21)28/h4-16,24-26H,17H2,1-3H3/t24-,25-,26-/m1/s1. The largest absolute Gasteiger partial charge is 0.343 e. The van der Waals surface area contributed by atoms with E-state index in [4.69, 9.17) is 9.47 Å². The first-order chi connectivity index (χ1) is 15.4. The zero-order chi connectivity index (χ0) is 22.1. The van der Waals surface area contributed by atoms with Crippen LogP contribution in [0.3, 0.4) is 0 Å². The van der Waals surface area contributed by atoms with Crippen molar-refractivity contribution in [1.29, 1.82) is 0 Å². The molecule has 32 heavy (non-hydrogen) atoms. The van der Waals surface area contributed by atoms with Crippen molar-refractivity contribution in [2.45, 2.75) is 50.3 Å². The van der Waals surface area contributed by atoms with Crippen molar-refractivity contribution in [3.8, 4) is 11.1 Å². The number of benzene rings is 3. The summed E-state index contributed by atoms with van der Waals surface area (Å²) >= 11 is 0. The van der Waals surface area contributed by atoms with Gasteiger partial charge in [0.15, 0.2) is 5.79 Å². The van der Waals surface area contributed by atoms with Crippen LogP contribution in [0.4, 0.5) is 0 Å². The summed E-state index contributed by atoms with van der Waals surface area (Å²) in [4.78, 5) is 15.5. The zero-order valence-corrected chi connectivity index (χ0v) is 18.6. The fraction of sp³-hybridized carbons (Fsp3) is 0.321. The maximum atomic E-state index is 13.2. The van der Waals surface area contributed by atoms with Crippen molar-refractivity contribution >= 4 is 5.78 Å². The topological polar surface area (TPSA) is 38.8 Å². The van der Waals surface area contributed by atoms with Gasteiger partial charge < -0.3 is 9.47 Å². The van der Waals surface area contributed by atoms with Crippen LogP contribution < -0.4 is 0 Å². The molecular formula is C28H27NO3. The molecule has 2 fully saturated rings. The molecular weight excluding hydrogens is 398 g/mol. The van der Waals surface area contributed by atoms with Gasteiger partial charge in [0.25, 0.3) is 0 Å². The first kappa shape index (κ1) is 19.9. The smallest absolute Gasteiger partial charge is 0.163 e. The lowest BCUT2D eigenvalue weighted by molar-refractivity contribution is -0.167. The molecule has 0 amide bonds. The Labute approximate surface area is 188 Å². The van der Waals surface area contributed by atoms with Crippen LogP contribution in [0.25, 0.3) is 11.1 Å². The van der Waals surface area contributed by atoms with E-state index in [-0.39, 0.29) is 18.0 Å². The Hall–Kier alpha value is -2.79. The number of rotatable bonds is 3. The molecule has 0 radical (unpaired) electrons. The summed E-state index contributed by atoms with van der Waals surface area (Å²) in [6, 6.07) is 27.3. The van der Waals surface area contributed by atoms with Gasteiger partial charge in [0, 0.05) is 6.54 Å². The van der Waals surface area contributed by atoms with Crippen LogP contribution in [0.15, 0.2) is 78.9 Å². The number of carbonyl (C=O) groups excluding carboxylic acids is 1. The highest BCUT2D eigenvalue weighted by Gasteiger charge is 2.61. The van der Waals surface area contributed by atoms with E-state index in [0.29, 0.717) is 6.54 Å². The maximum Gasteiger partial charge on any atom is 0.163 e. The number of carbonyl (C=O) groups is 1. The van der Waals surface area contributed by atoms with Crippen molar-refractivity contribution in [2.24, 2.45) is 0 Å². The van der Waals surface area contributed by atoms with E-state index in [1.54, 1.807) is 6.92 Å². The maximum absolute atomic E-state index is 13.2. The molecule has 6 rings (SSSR count). The quantitative estimate of drug-likeness (QED) is 0.607. The average Bonchev–Trinajstić information content (AvgIpc) is 3.38. The second-order valence-corrected chi connectivity index (χ2v) is 9.51. The minimum Gasteiger partial charge on any atom is -0.343 e. The fourth-order valence-electron chi connectivity index (χ4n) is 6.23. The number of ether oxygens (including phenoxy) is 2. The Morgan fingerprint density at radius 1 is 0.844 bits per heavy atom. The molecule has 0 saturated carbocycles. The highest BCUT2D eigenvalue weighted by Crippen LogP contribution is 2.57. The number of likely N-dealkylation sites (tertiary alicyclic amines) is 1. The first-order valence-electron chi connectivity index (χ1n) is 11.3. The van der Waals surface area contributed by atoms with Crippen molar-refractivity contribution in [2.75, 3.05) is 6.54 Å². The van der Waals surface area contributed by atoms with E-state index >= 15 is 0 Å².